The molecule has 0 spiro atoms. The molecule has 0 saturated carbocycles. The Bertz CT molecular complexity index is 674. The SMILES string of the molecule is CCCc1nc(NN)cc(Nc2cccc(C)c2C#N)n1. The minimum absolute atomic E-state index is 0.544. The number of rotatable bonds is 5. The Labute approximate surface area is 124 Å². The third kappa shape index (κ3) is 3.46. The summed E-state index contributed by atoms with van der Waals surface area (Å²) in [6.07, 6.45) is 1.71. The van der Waals surface area contributed by atoms with Gasteiger partial charge in [-0.3, -0.25) is 0 Å². The molecule has 0 saturated heterocycles. The first-order chi connectivity index (χ1) is 10.2. The van der Waals surface area contributed by atoms with Gasteiger partial charge in [-0.25, -0.2) is 15.8 Å². The van der Waals surface area contributed by atoms with E-state index in [9.17, 15) is 5.26 Å². The normalized spacial score (nSPS) is 10.0. The number of nitrogens with zero attached hydrogens (tertiary/aromatic N) is 3. The van der Waals surface area contributed by atoms with Crippen molar-refractivity contribution in [1.82, 2.24) is 9.97 Å². The number of aryl methyl sites for hydroxylation is 2. The second kappa shape index (κ2) is 6.68. The average molecular weight is 282 g/mol. The van der Waals surface area contributed by atoms with Gasteiger partial charge in [0.25, 0.3) is 0 Å². The molecule has 6 heteroatoms. The number of hydrogen-bond acceptors (Lipinski definition) is 6. The van der Waals surface area contributed by atoms with Crippen LogP contribution < -0.4 is 16.6 Å². The van der Waals surface area contributed by atoms with E-state index in [-0.39, 0.29) is 0 Å². The molecule has 2 aromatic rings. The number of hydrazine groups is 1. The fourth-order valence-corrected chi connectivity index (χ4v) is 2.03. The zero-order chi connectivity index (χ0) is 15.2. The van der Waals surface area contributed by atoms with Crippen LogP contribution in [0.5, 0.6) is 0 Å². The van der Waals surface area contributed by atoms with Gasteiger partial charge >= 0.3 is 0 Å². The van der Waals surface area contributed by atoms with Gasteiger partial charge in [-0.2, -0.15) is 5.26 Å². The standard InChI is InChI=1S/C15H18N6/c1-3-5-13-19-14(8-15(20-13)21-17)18-12-7-4-6-10(2)11(12)9-16/h4,6-8H,3,5,17H2,1-2H3,(H2,18,19,20,21). The number of nitriles is 1. The summed E-state index contributed by atoms with van der Waals surface area (Å²) in [5, 5.41) is 12.4. The third-order valence-corrected chi connectivity index (χ3v) is 3.04. The van der Waals surface area contributed by atoms with Crippen molar-refractivity contribution in [1.29, 1.82) is 5.26 Å². The fourth-order valence-electron chi connectivity index (χ4n) is 2.03. The Morgan fingerprint density at radius 2 is 2.05 bits per heavy atom. The fraction of sp³-hybridized carbons (Fsp3) is 0.267. The molecule has 0 aliphatic rings. The lowest BCUT2D eigenvalue weighted by molar-refractivity contribution is 0.837. The second-order valence-corrected chi connectivity index (χ2v) is 4.68. The number of anilines is 3. The maximum absolute atomic E-state index is 9.26. The second-order valence-electron chi connectivity index (χ2n) is 4.68. The molecule has 6 nitrogen and oxygen atoms in total. The maximum Gasteiger partial charge on any atom is 0.145 e. The molecule has 1 aromatic heterocycles. The molecule has 0 unspecified atom stereocenters. The van der Waals surface area contributed by atoms with Gasteiger partial charge in [0.05, 0.1) is 11.3 Å². The Morgan fingerprint density at radius 3 is 2.71 bits per heavy atom. The van der Waals surface area contributed by atoms with Crippen LogP contribution in [0.15, 0.2) is 24.3 Å². The predicted octanol–water partition coefficient (Wildman–Crippen LogP) is 2.64. The summed E-state index contributed by atoms with van der Waals surface area (Å²) in [5.74, 6) is 7.30. The molecule has 0 bridgehead atoms. The first-order valence-corrected chi connectivity index (χ1v) is 6.79. The summed E-state index contributed by atoms with van der Waals surface area (Å²) >= 11 is 0. The third-order valence-electron chi connectivity index (χ3n) is 3.04. The Morgan fingerprint density at radius 1 is 1.29 bits per heavy atom. The van der Waals surface area contributed by atoms with Crippen molar-refractivity contribution < 1.29 is 0 Å². The molecule has 0 radical (unpaired) electrons. The van der Waals surface area contributed by atoms with Crippen molar-refractivity contribution in [2.45, 2.75) is 26.7 Å². The van der Waals surface area contributed by atoms with Gasteiger partial charge in [0.1, 0.15) is 23.5 Å². The summed E-state index contributed by atoms with van der Waals surface area (Å²) < 4.78 is 0. The van der Waals surface area contributed by atoms with Gasteiger partial charge in [0, 0.05) is 12.5 Å². The molecule has 1 aromatic carbocycles. The summed E-state index contributed by atoms with van der Waals surface area (Å²) in [6.45, 7) is 3.96. The lowest BCUT2D eigenvalue weighted by Gasteiger charge is -2.11. The van der Waals surface area contributed by atoms with E-state index in [4.69, 9.17) is 5.84 Å². The van der Waals surface area contributed by atoms with Crippen molar-refractivity contribution in [3.8, 4) is 6.07 Å². The highest BCUT2D eigenvalue weighted by Crippen LogP contribution is 2.23. The number of aromatic nitrogens is 2. The van der Waals surface area contributed by atoms with E-state index in [0.717, 1.165) is 24.1 Å². The van der Waals surface area contributed by atoms with Gasteiger partial charge in [0.15, 0.2) is 0 Å². The van der Waals surface area contributed by atoms with Gasteiger partial charge in [-0.15, -0.1) is 0 Å². The van der Waals surface area contributed by atoms with Gasteiger partial charge in [0.2, 0.25) is 0 Å². The van der Waals surface area contributed by atoms with Crippen LogP contribution in [-0.4, -0.2) is 9.97 Å². The van der Waals surface area contributed by atoms with E-state index in [1.165, 1.54) is 0 Å². The Hall–Kier alpha value is -2.65. The van der Waals surface area contributed by atoms with Crippen LogP contribution in [0.25, 0.3) is 0 Å². The number of hydrogen-bond donors (Lipinski definition) is 3. The van der Waals surface area contributed by atoms with Gasteiger partial charge in [-0.05, 0) is 25.0 Å². The minimum Gasteiger partial charge on any atom is -0.339 e. The zero-order valence-electron chi connectivity index (χ0n) is 12.1. The molecule has 0 atom stereocenters. The van der Waals surface area contributed by atoms with Crippen LogP contribution in [0.4, 0.5) is 17.3 Å². The van der Waals surface area contributed by atoms with E-state index in [1.54, 1.807) is 6.07 Å². The van der Waals surface area contributed by atoms with Gasteiger partial charge < -0.3 is 10.7 Å². The number of benzene rings is 1. The molecule has 0 aliphatic carbocycles. The maximum atomic E-state index is 9.26. The average Bonchev–Trinajstić information content (AvgIpc) is 2.47. The molecular weight excluding hydrogens is 264 g/mol. The molecule has 0 amide bonds. The largest absolute Gasteiger partial charge is 0.339 e. The molecule has 0 aliphatic heterocycles. The van der Waals surface area contributed by atoms with E-state index in [2.05, 4.69) is 33.7 Å². The summed E-state index contributed by atoms with van der Waals surface area (Å²) in [6, 6.07) is 9.57. The van der Waals surface area contributed by atoms with E-state index in [0.29, 0.717) is 23.0 Å². The molecule has 21 heavy (non-hydrogen) atoms. The number of nitrogens with one attached hydrogen (secondary N) is 2. The molecule has 0 fully saturated rings. The lowest BCUT2D eigenvalue weighted by Crippen LogP contribution is -2.11. The van der Waals surface area contributed by atoms with Crippen LogP contribution in [0.1, 0.15) is 30.3 Å². The highest BCUT2D eigenvalue weighted by molar-refractivity contribution is 5.67. The molecule has 2 rings (SSSR count). The van der Waals surface area contributed by atoms with E-state index >= 15 is 0 Å². The first kappa shape index (κ1) is 14.8. The first-order valence-electron chi connectivity index (χ1n) is 6.79. The van der Waals surface area contributed by atoms with Crippen molar-refractivity contribution in [2.24, 2.45) is 5.84 Å². The lowest BCUT2D eigenvalue weighted by atomic mass is 10.1. The molecule has 108 valence electrons. The van der Waals surface area contributed by atoms with Gasteiger partial charge in [-0.1, -0.05) is 19.1 Å². The summed E-state index contributed by atoms with van der Waals surface area (Å²) in [7, 11) is 0. The van der Waals surface area contributed by atoms with Crippen LogP contribution in [0.3, 0.4) is 0 Å². The van der Waals surface area contributed by atoms with Crippen LogP contribution in [-0.2, 0) is 6.42 Å². The van der Waals surface area contributed by atoms with Crippen LogP contribution in [0, 0.1) is 18.3 Å². The van der Waals surface area contributed by atoms with Crippen molar-refractivity contribution in [3.63, 3.8) is 0 Å². The van der Waals surface area contributed by atoms with Crippen molar-refractivity contribution in [3.05, 3.63) is 41.2 Å². The Balaban J connectivity index is 2.37. The monoisotopic (exact) mass is 282 g/mol. The van der Waals surface area contributed by atoms with Crippen LogP contribution >= 0.6 is 0 Å². The Kier molecular flexibility index (Phi) is 4.69. The summed E-state index contributed by atoms with van der Waals surface area (Å²) in [4.78, 5) is 8.74. The van der Waals surface area contributed by atoms with Crippen molar-refractivity contribution >= 4 is 17.3 Å². The highest BCUT2D eigenvalue weighted by atomic mass is 15.3. The van der Waals surface area contributed by atoms with Crippen LogP contribution in [0.2, 0.25) is 0 Å². The minimum atomic E-state index is 0.544. The highest BCUT2D eigenvalue weighted by Gasteiger charge is 2.08. The molecule has 1 heterocycles. The quantitative estimate of drug-likeness (QED) is 0.576. The number of nitrogens with two attached hydrogens (primary N) is 1. The zero-order valence-corrected chi connectivity index (χ0v) is 12.1. The number of nitrogen functional groups attached to an aromatic ring is 1. The molecular formula is C15H18N6. The van der Waals surface area contributed by atoms with E-state index < -0.39 is 0 Å². The predicted molar refractivity (Wildman–Crippen MR) is 83.0 cm³/mol. The smallest absolute Gasteiger partial charge is 0.145 e. The summed E-state index contributed by atoms with van der Waals surface area (Å²) in [5.41, 5.74) is 4.79. The van der Waals surface area contributed by atoms with E-state index in [1.807, 2.05) is 25.1 Å². The molecule has 4 N–H and O–H groups in total. The van der Waals surface area contributed by atoms with Crippen molar-refractivity contribution in [2.75, 3.05) is 10.7 Å². The topological polar surface area (TPSA) is 99.6 Å².